The van der Waals surface area contributed by atoms with Crippen LogP contribution in [0, 0.1) is 0 Å². The van der Waals surface area contributed by atoms with E-state index >= 15 is 0 Å². The number of aromatic nitrogens is 3. The number of rotatable bonds is 7. The van der Waals surface area contributed by atoms with Gasteiger partial charge in [-0.05, 0) is 32.3 Å². The van der Waals surface area contributed by atoms with Crippen molar-refractivity contribution in [2.75, 3.05) is 13.7 Å². The zero-order chi connectivity index (χ0) is 18.8. The van der Waals surface area contributed by atoms with E-state index in [0.717, 1.165) is 18.5 Å². The maximum atomic E-state index is 12.8. The van der Waals surface area contributed by atoms with Gasteiger partial charge in [0.25, 0.3) is 11.5 Å². The van der Waals surface area contributed by atoms with Crippen LogP contribution in [-0.2, 0) is 11.3 Å². The predicted molar refractivity (Wildman–Crippen MR) is 97.7 cm³/mol. The summed E-state index contributed by atoms with van der Waals surface area (Å²) in [5.74, 6) is -0.0807. The highest BCUT2D eigenvalue weighted by atomic mass is 16.5. The zero-order valence-corrected chi connectivity index (χ0v) is 15.3. The minimum absolute atomic E-state index is 0.157. The molecule has 1 atom stereocenters. The lowest BCUT2D eigenvalue weighted by atomic mass is 10.1. The molecule has 0 aliphatic heterocycles. The lowest BCUT2D eigenvalue weighted by molar-refractivity contribution is 0.0907. The molecule has 2 heterocycles. The number of hydrogen-bond donors (Lipinski definition) is 2. The monoisotopic (exact) mass is 360 g/mol. The summed E-state index contributed by atoms with van der Waals surface area (Å²) < 4.78 is 6.49. The number of aryl methyl sites for hydroxylation is 1. The van der Waals surface area contributed by atoms with Gasteiger partial charge in [0.2, 0.25) is 0 Å². The molecule has 0 radical (unpaired) electrons. The number of fused-ring (bicyclic) bond motifs is 1. The summed E-state index contributed by atoms with van der Waals surface area (Å²) >= 11 is 0. The molecule has 140 valence electrons. The Morgan fingerprint density at radius 1 is 1.46 bits per heavy atom. The van der Waals surface area contributed by atoms with Crippen LogP contribution in [0.1, 0.15) is 55.1 Å². The first-order valence-corrected chi connectivity index (χ1v) is 8.93. The van der Waals surface area contributed by atoms with Crippen LogP contribution in [0.25, 0.3) is 11.0 Å². The van der Waals surface area contributed by atoms with Gasteiger partial charge in [-0.2, -0.15) is 0 Å². The van der Waals surface area contributed by atoms with Crippen molar-refractivity contribution in [2.24, 2.45) is 0 Å². The molecule has 2 aromatic heterocycles. The quantitative estimate of drug-likeness (QED) is 0.770. The third-order valence-electron chi connectivity index (χ3n) is 4.45. The number of carbonyl (C=O) groups is 1. The number of nitrogens with zero attached hydrogens (tertiary/aromatic N) is 2. The number of pyridine rings is 1. The molecule has 1 amide bonds. The zero-order valence-electron chi connectivity index (χ0n) is 15.3. The van der Waals surface area contributed by atoms with E-state index in [4.69, 9.17) is 4.74 Å². The van der Waals surface area contributed by atoms with Crippen molar-refractivity contribution in [3.63, 3.8) is 0 Å². The van der Waals surface area contributed by atoms with Gasteiger partial charge in [0.15, 0.2) is 5.65 Å². The first-order chi connectivity index (χ1) is 12.5. The van der Waals surface area contributed by atoms with Gasteiger partial charge in [0.1, 0.15) is 0 Å². The molecule has 1 aliphatic carbocycles. The van der Waals surface area contributed by atoms with E-state index in [9.17, 15) is 14.4 Å². The van der Waals surface area contributed by atoms with Gasteiger partial charge in [0, 0.05) is 31.3 Å². The SMILES string of the molecule is CCCn1c(=O)[nH]c(=O)c2c(C(=O)NC(C)COC)cc(C3CC3)nc21. The largest absolute Gasteiger partial charge is 0.383 e. The van der Waals surface area contributed by atoms with Crippen LogP contribution < -0.4 is 16.6 Å². The summed E-state index contributed by atoms with van der Waals surface area (Å²) in [6, 6.07) is 1.48. The highest BCUT2D eigenvalue weighted by Crippen LogP contribution is 2.39. The molecule has 1 saturated carbocycles. The highest BCUT2D eigenvalue weighted by Gasteiger charge is 2.28. The van der Waals surface area contributed by atoms with Crippen molar-refractivity contribution >= 4 is 16.9 Å². The first kappa shape index (κ1) is 18.3. The second kappa shape index (κ2) is 7.41. The van der Waals surface area contributed by atoms with E-state index in [1.54, 1.807) is 13.2 Å². The lowest BCUT2D eigenvalue weighted by Gasteiger charge is -2.16. The Hall–Kier alpha value is -2.48. The predicted octanol–water partition coefficient (Wildman–Crippen LogP) is 1.14. The van der Waals surface area contributed by atoms with Crippen LogP contribution in [0.5, 0.6) is 0 Å². The smallest absolute Gasteiger partial charge is 0.329 e. The van der Waals surface area contributed by atoms with Crippen LogP contribution in [0.2, 0.25) is 0 Å². The van der Waals surface area contributed by atoms with Crippen LogP contribution in [0.15, 0.2) is 15.7 Å². The van der Waals surface area contributed by atoms with Crippen molar-refractivity contribution < 1.29 is 9.53 Å². The third-order valence-corrected chi connectivity index (χ3v) is 4.45. The van der Waals surface area contributed by atoms with Gasteiger partial charge in [0.05, 0.1) is 17.6 Å². The number of ether oxygens (including phenoxy) is 1. The minimum atomic E-state index is -0.586. The second-order valence-electron chi connectivity index (χ2n) is 6.81. The molecular weight excluding hydrogens is 336 g/mol. The molecule has 0 spiro atoms. The summed E-state index contributed by atoms with van der Waals surface area (Å²) in [5.41, 5.74) is 0.220. The number of aromatic amines is 1. The van der Waals surface area contributed by atoms with Crippen molar-refractivity contribution in [3.05, 3.63) is 38.2 Å². The lowest BCUT2D eigenvalue weighted by Crippen LogP contribution is -2.37. The summed E-state index contributed by atoms with van der Waals surface area (Å²) in [6.45, 7) is 4.55. The van der Waals surface area contributed by atoms with Crippen molar-refractivity contribution in [2.45, 2.75) is 51.6 Å². The molecule has 3 rings (SSSR count). The number of hydrogen-bond acceptors (Lipinski definition) is 5. The highest BCUT2D eigenvalue weighted by molar-refractivity contribution is 6.05. The number of nitrogens with one attached hydrogen (secondary N) is 2. The van der Waals surface area contributed by atoms with Crippen LogP contribution >= 0.6 is 0 Å². The Kier molecular flexibility index (Phi) is 5.22. The maximum absolute atomic E-state index is 12.8. The summed E-state index contributed by atoms with van der Waals surface area (Å²) in [6.07, 6.45) is 2.71. The van der Waals surface area contributed by atoms with E-state index in [1.165, 1.54) is 4.57 Å². The van der Waals surface area contributed by atoms with E-state index in [-0.39, 0.29) is 34.5 Å². The molecule has 26 heavy (non-hydrogen) atoms. The van der Waals surface area contributed by atoms with E-state index < -0.39 is 11.2 Å². The molecule has 2 aromatic rings. The van der Waals surface area contributed by atoms with E-state index in [0.29, 0.717) is 19.6 Å². The van der Waals surface area contributed by atoms with E-state index in [1.807, 2.05) is 13.8 Å². The van der Waals surface area contributed by atoms with Crippen molar-refractivity contribution in [1.29, 1.82) is 0 Å². The van der Waals surface area contributed by atoms with Crippen LogP contribution in [-0.4, -0.2) is 40.2 Å². The topological polar surface area (TPSA) is 106 Å². The van der Waals surface area contributed by atoms with Gasteiger partial charge < -0.3 is 10.1 Å². The van der Waals surface area contributed by atoms with Gasteiger partial charge in [-0.25, -0.2) is 9.78 Å². The third kappa shape index (κ3) is 3.55. The minimum Gasteiger partial charge on any atom is -0.383 e. The van der Waals surface area contributed by atoms with Gasteiger partial charge in [-0.15, -0.1) is 0 Å². The number of methoxy groups -OCH3 is 1. The first-order valence-electron chi connectivity index (χ1n) is 8.93. The normalized spacial score (nSPS) is 15.2. The number of carbonyl (C=O) groups excluding carboxylic acids is 1. The van der Waals surface area contributed by atoms with Gasteiger partial charge in [-0.3, -0.25) is 19.1 Å². The summed E-state index contributed by atoms with van der Waals surface area (Å²) in [4.78, 5) is 44.4. The van der Waals surface area contributed by atoms with Crippen molar-refractivity contribution in [3.8, 4) is 0 Å². The van der Waals surface area contributed by atoms with Crippen LogP contribution in [0.4, 0.5) is 0 Å². The molecule has 1 aliphatic rings. The molecule has 1 fully saturated rings. The van der Waals surface area contributed by atoms with E-state index in [2.05, 4.69) is 15.3 Å². The molecule has 1 unspecified atom stereocenters. The molecule has 8 nitrogen and oxygen atoms in total. The molecular formula is C18H24N4O4. The standard InChI is InChI=1S/C18H24N4O4/c1-4-7-22-15-14(17(24)21-18(22)25)12(8-13(20-15)11-5-6-11)16(23)19-10(2)9-26-3/h8,10-11H,4-7,9H2,1-3H3,(H,19,23)(H,21,24,25). The number of H-pyrrole nitrogens is 1. The Balaban J connectivity index is 2.20. The Bertz CT molecular complexity index is 943. The van der Waals surface area contributed by atoms with Gasteiger partial charge >= 0.3 is 5.69 Å². The Morgan fingerprint density at radius 3 is 2.81 bits per heavy atom. The molecule has 0 aromatic carbocycles. The Labute approximate surface area is 150 Å². The average molecular weight is 360 g/mol. The van der Waals surface area contributed by atoms with Gasteiger partial charge in [-0.1, -0.05) is 6.92 Å². The molecule has 2 N–H and O–H groups in total. The summed E-state index contributed by atoms with van der Waals surface area (Å²) in [5, 5.41) is 2.99. The fourth-order valence-electron chi connectivity index (χ4n) is 3.09. The van der Waals surface area contributed by atoms with Crippen LogP contribution in [0.3, 0.4) is 0 Å². The average Bonchev–Trinajstić information content (AvgIpc) is 3.42. The Morgan fingerprint density at radius 2 is 2.19 bits per heavy atom. The summed E-state index contributed by atoms with van der Waals surface area (Å²) in [7, 11) is 1.56. The van der Waals surface area contributed by atoms with Crippen molar-refractivity contribution in [1.82, 2.24) is 19.9 Å². The molecule has 8 heteroatoms. The molecule has 0 saturated heterocycles. The maximum Gasteiger partial charge on any atom is 0.329 e. The fraction of sp³-hybridized carbons (Fsp3) is 0.556. The number of amides is 1. The second-order valence-corrected chi connectivity index (χ2v) is 6.81. The fourth-order valence-corrected chi connectivity index (χ4v) is 3.09. The molecule has 0 bridgehead atoms.